The van der Waals surface area contributed by atoms with Gasteiger partial charge in [0.15, 0.2) is 5.16 Å². The Balaban J connectivity index is 1.53. The van der Waals surface area contributed by atoms with Crippen molar-refractivity contribution in [3.05, 3.63) is 70.6 Å². The Hall–Kier alpha value is -3.33. The molecule has 8 nitrogen and oxygen atoms in total. The molecule has 2 amide bonds. The van der Waals surface area contributed by atoms with E-state index in [-0.39, 0.29) is 35.7 Å². The minimum Gasteiger partial charge on any atom is -0.324 e. The lowest BCUT2D eigenvalue weighted by Gasteiger charge is -2.27. The predicted octanol–water partition coefficient (Wildman–Crippen LogP) is 2.48. The van der Waals surface area contributed by atoms with Crippen LogP contribution in [0.4, 0.5) is 11.4 Å². The predicted molar refractivity (Wildman–Crippen MR) is 116 cm³/mol. The first-order valence-corrected chi connectivity index (χ1v) is 10.5. The topological polar surface area (TPSA) is 100 Å². The molecule has 0 unspecified atom stereocenters. The van der Waals surface area contributed by atoms with E-state index in [1.54, 1.807) is 11.0 Å². The first-order valence-electron chi connectivity index (χ1n) is 9.56. The van der Waals surface area contributed by atoms with Crippen molar-refractivity contribution in [1.82, 2.24) is 14.8 Å². The number of anilines is 2. The van der Waals surface area contributed by atoms with Gasteiger partial charge in [0, 0.05) is 12.5 Å². The van der Waals surface area contributed by atoms with Crippen LogP contribution in [0.2, 0.25) is 0 Å². The fraction of sp³-hybridized carbons (Fsp3) is 0.238. The highest BCUT2D eigenvalue weighted by Gasteiger charge is 2.29. The number of aromatic nitrogens is 3. The maximum Gasteiger partial charge on any atom is 0.344 e. The van der Waals surface area contributed by atoms with Gasteiger partial charge in [-0.1, -0.05) is 54.2 Å². The third-order valence-corrected chi connectivity index (χ3v) is 5.82. The minimum atomic E-state index is -0.322. The van der Waals surface area contributed by atoms with Crippen LogP contribution in [0.5, 0.6) is 0 Å². The zero-order valence-corrected chi connectivity index (χ0v) is 17.2. The van der Waals surface area contributed by atoms with Gasteiger partial charge in [-0.2, -0.15) is 0 Å². The normalized spacial score (nSPS) is 16.0. The van der Waals surface area contributed by atoms with E-state index in [1.807, 2.05) is 55.5 Å². The molecular formula is C21H21N5O3S. The van der Waals surface area contributed by atoms with Gasteiger partial charge in [0.25, 0.3) is 0 Å². The van der Waals surface area contributed by atoms with Crippen molar-refractivity contribution in [2.24, 2.45) is 0 Å². The van der Waals surface area contributed by atoms with Gasteiger partial charge in [-0.3, -0.25) is 14.2 Å². The molecule has 2 heterocycles. The molecule has 1 aromatic heterocycles. The molecule has 0 bridgehead atoms. The summed E-state index contributed by atoms with van der Waals surface area (Å²) in [6.45, 7) is 2.22. The molecular weight excluding hydrogens is 402 g/mol. The number of para-hydroxylation sites is 2. The Bertz CT molecular complexity index is 1120. The van der Waals surface area contributed by atoms with E-state index in [9.17, 15) is 14.4 Å². The van der Waals surface area contributed by atoms with Crippen molar-refractivity contribution in [3.8, 4) is 0 Å². The van der Waals surface area contributed by atoms with Gasteiger partial charge in [0.1, 0.15) is 0 Å². The number of thioether (sulfide) groups is 1. The van der Waals surface area contributed by atoms with E-state index >= 15 is 0 Å². The summed E-state index contributed by atoms with van der Waals surface area (Å²) in [6.07, 6.45) is 0.214. The Morgan fingerprint density at radius 3 is 2.67 bits per heavy atom. The van der Waals surface area contributed by atoms with Gasteiger partial charge in [0.2, 0.25) is 11.8 Å². The summed E-state index contributed by atoms with van der Waals surface area (Å²) in [6, 6.07) is 16.6. The van der Waals surface area contributed by atoms with E-state index in [4.69, 9.17) is 0 Å². The lowest BCUT2D eigenvalue weighted by Crippen LogP contribution is -2.40. The number of carbonyl (C=O) groups is 2. The molecule has 1 aliphatic rings. The van der Waals surface area contributed by atoms with Crippen LogP contribution in [0, 0.1) is 0 Å². The molecule has 0 aliphatic carbocycles. The molecule has 0 radical (unpaired) electrons. The van der Waals surface area contributed by atoms with Crippen LogP contribution in [-0.2, 0) is 16.1 Å². The Labute approximate surface area is 177 Å². The van der Waals surface area contributed by atoms with Gasteiger partial charge in [0.05, 0.1) is 23.7 Å². The maximum atomic E-state index is 13.1. The number of nitrogens with one attached hydrogen (secondary N) is 2. The SMILES string of the molecule is C[C@H]1CC(=O)Nc2ccccc2N1C(=O)CSc1n[nH]c(=O)n1Cc1ccccc1. The Morgan fingerprint density at radius 2 is 1.87 bits per heavy atom. The average molecular weight is 423 g/mol. The second-order valence-corrected chi connectivity index (χ2v) is 8.00. The molecule has 4 rings (SSSR count). The summed E-state index contributed by atoms with van der Waals surface area (Å²) in [7, 11) is 0. The number of H-pyrrole nitrogens is 1. The standard InChI is InChI=1S/C21H21N5O3S/c1-14-11-18(27)22-16-9-5-6-10-17(16)26(14)19(28)13-30-21-24-23-20(29)25(21)12-15-7-3-2-4-8-15/h2-10,14H,11-13H2,1H3,(H,22,27)(H,23,29)/t14-/m0/s1. The summed E-state index contributed by atoms with van der Waals surface area (Å²) in [4.78, 5) is 39.1. The number of benzene rings is 2. The highest BCUT2D eigenvalue weighted by Crippen LogP contribution is 2.32. The highest BCUT2D eigenvalue weighted by atomic mass is 32.2. The van der Waals surface area contributed by atoms with Crippen LogP contribution in [0.3, 0.4) is 0 Å². The number of aromatic amines is 1. The first kappa shape index (κ1) is 20.0. The molecule has 3 aromatic rings. The van der Waals surface area contributed by atoms with Gasteiger partial charge >= 0.3 is 5.69 Å². The van der Waals surface area contributed by atoms with E-state index in [2.05, 4.69) is 15.5 Å². The quantitative estimate of drug-likeness (QED) is 0.614. The van der Waals surface area contributed by atoms with Crippen LogP contribution in [-0.4, -0.2) is 38.4 Å². The number of hydrogen-bond acceptors (Lipinski definition) is 5. The highest BCUT2D eigenvalue weighted by molar-refractivity contribution is 7.99. The van der Waals surface area contributed by atoms with Gasteiger partial charge < -0.3 is 10.2 Å². The monoisotopic (exact) mass is 423 g/mol. The number of amides is 2. The molecule has 30 heavy (non-hydrogen) atoms. The Morgan fingerprint density at radius 1 is 1.13 bits per heavy atom. The zero-order chi connectivity index (χ0) is 21.1. The molecule has 0 saturated heterocycles. The third kappa shape index (κ3) is 4.16. The van der Waals surface area contributed by atoms with E-state index in [0.717, 1.165) is 5.56 Å². The molecule has 0 saturated carbocycles. The van der Waals surface area contributed by atoms with E-state index in [1.165, 1.54) is 16.3 Å². The lowest BCUT2D eigenvalue weighted by atomic mass is 10.2. The summed E-state index contributed by atoms with van der Waals surface area (Å²) in [5, 5.41) is 9.83. The molecule has 0 fully saturated rings. The van der Waals surface area contributed by atoms with Gasteiger partial charge in [-0.15, -0.1) is 5.10 Å². The van der Waals surface area contributed by atoms with Crippen LogP contribution >= 0.6 is 11.8 Å². The summed E-state index contributed by atoms with van der Waals surface area (Å²) < 4.78 is 1.51. The van der Waals surface area contributed by atoms with Crippen molar-refractivity contribution in [2.75, 3.05) is 16.0 Å². The summed E-state index contributed by atoms with van der Waals surface area (Å²) in [5.74, 6) is -0.188. The second kappa shape index (κ2) is 8.58. The van der Waals surface area contributed by atoms with Crippen molar-refractivity contribution < 1.29 is 9.59 Å². The third-order valence-electron chi connectivity index (χ3n) is 4.86. The van der Waals surface area contributed by atoms with Crippen LogP contribution < -0.4 is 15.9 Å². The molecule has 9 heteroatoms. The fourth-order valence-electron chi connectivity index (χ4n) is 3.48. The maximum absolute atomic E-state index is 13.1. The molecule has 2 N–H and O–H groups in total. The van der Waals surface area contributed by atoms with Crippen molar-refractivity contribution >= 4 is 35.0 Å². The average Bonchev–Trinajstić information content (AvgIpc) is 3.01. The second-order valence-electron chi connectivity index (χ2n) is 7.05. The zero-order valence-electron chi connectivity index (χ0n) is 16.4. The minimum absolute atomic E-state index is 0.0892. The summed E-state index contributed by atoms with van der Waals surface area (Å²) in [5.41, 5.74) is 1.93. The van der Waals surface area contributed by atoms with Crippen LogP contribution in [0.15, 0.2) is 64.5 Å². The number of rotatable bonds is 5. The molecule has 1 aliphatic heterocycles. The van der Waals surface area contributed by atoms with E-state index < -0.39 is 0 Å². The molecule has 1 atom stereocenters. The number of fused-ring (bicyclic) bond motifs is 1. The van der Waals surface area contributed by atoms with Crippen molar-refractivity contribution in [3.63, 3.8) is 0 Å². The smallest absolute Gasteiger partial charge is 0.324 e. The molecule has 154 valence electrons. The van der Waals surface area contributed by atoms with Crippen molar-refractivity contribution in [1.29, 1.82) is 0 Å². The van der Waals surface area contributed by atoms with Crippen LogP contribution in [0.1, 0.15) is 18.9 Å². The molecule has 0 spiro atoms. The number of nitrogens with zero attached hydrogens (tertiary/aromatic N) is 3. The number of carbonyl (C=O) groups excluding carboxylic acids is 2. The Kier molecular flexibility index (Phi) is 5.71. The first-order chi connectivity index (χ1) is 14.5. The largest absolute Gasteiger partial charge is 0.344 e. The fourth-order valence-corrected chi connectivity index (χ4v) is 4.29. The van der Waals surface area contributed by atoms with E-state index in [0.29, 0.717) is 23.1 Å². The van der Waals surface area contributed by atoms with Crippen LogP contribution in [0.25, 0.3) is 0 Å². The molecule has 2 aromatic carbocycles. The van der Waals surface area contributed by atoms with Gasteiger partial charge in [-0.05, 0) is 24.6 Å². The lowest BCUT2D eigenvalue weighted by molar-refractivity contribution is -0.117. The number of hydrogen-bond donors (Lipinski definition) is 2. The van der Waals surface area contributed by atoms with Gasteiger partial charge in [-0.25, -0.2) is 9.89 Å². The van der Waals surface area contributed by atoms with Crippen molar-refractivity contribution in [2.45, 2.75) is 31.1 Å². The summed E-state index contributed by atoms with van der Waals surface area (Å²) >= 11 is 1.20.